The maximum Gasteiger partial charge on any atom is 0.337 e. The Morgan fingerprint density at radius 1 is 1.15 bits per heavy atom. The van der Waals surface area contributed by atoms with Crippen LogP contribution in [-0.2, 0) is 19.3 Å². The number of piperazine rings is 1. The number of hydrogen-bond acceptors (Lipinski definition) is 5. The van der Waals surface area contributed by atoms with E-state index in [2.05, 4.69) is 45.5 Å². The summed E-state index contributed by atoms with van der Waals surface area (Å²) in [5.74, 6) is -0.868. The number of aromatic nitrogens is 2. The fourth-order valence-electron chi connectivity index (χ4n) is 5.26. The van der Waals surface area contributed by atoms with Crippen molar-refractivity contribution in [3.63, 3.8) is 0 Å². The second-order valence-electron chi connectivity index (χ2n) is 9.69. The zero-order valence-corrected chi connectivity index (χ0v) is 18.7. The van der Waals surface area contributed by atoms with E-state index in [-0.39, 0.29) is 5.54 Å². The third-order valence-electron chi connectivity index (χ3n) is 7.36. The van der Waals surface area contributed by atoms with Gasteiger partial charge in [0, 0.05) is 66.8 Å². The van der Waals surface area contributed by atoms with E-state index in [1.54, 1.807) is 0 Å². The molecule has 2 aromatic heterocycles. The highest BCUT2D eigenvalue weighted by molar-refractivity contribution is 5.95. The van der Waals surface area contributed by atoms with Gasteiger partial charge in [-0.05, 0) is 55.0 Å². The number of H-pyrrole nitrogens is 1. The summed E-state index contributed by atoms with van der Waals surface area (Å²) >= 11 is 0. The number of carboxylic acid groups (broad SMARTS) is 1. The van der Waals surface area contributed by atoms with Crippen molar-refractivity contribution in [3.8, 4) is 22.5 Å². The Balaban J connectivity index is 1.35. The number of nitrogens with two attached hydrogens (primary N) is 1. The second kappa shape index (κ2) is 7.71. The Morgan fingerprint density at radius 2 is 1.91 bits per heavy atom. The second-order valence-corrected chi connectivity index (χ2v) is 9.69. The van der Waals surface area contributed by atoms with Crippen molar-refractivity contribution >= 4 is 11.7 Å². The van der Waals surface area contributed by atoms with Crippen molar-refractivity contribution in [3.05, 3.63) is 58.9 Å². The van der Waals surface area contributed by atoms with Crippen LogP contribution in [0.1, 0.15) is 40.0 Å². The molecular formula is C26H29N5O2. The quantitative estimate of drug-likeness (QED) is 0.483. The van der Waals surface area contributed by atoms with E-state index < -0.39 is 5.97 Å². The Hall–Kier alpha value is -3.16. The third kappa shape index (κ3) is 3.71. The molecule has 33 heavy (non-hydrogen) atoms. The molecule has 1 aromatic carbocycles. The molecule has 1 saturated carbocycles. The van der Waals surface area contributed by atoms with E-state index in [0.29, 0.717) is 18.4 Å². The van der Waals surface area contributed by atoms with Crippen molar-refractivity contribution in [1.29, 1.82) is 0 Å². The van der Waals surface area contributed by atoms with Gasteiger partial charge in [0.1, 0.15) is 0 Å². The van der Waals surface area contributed by atoms with E-state index in [4.69, 9.17) is 10.7 Å². The summed E-state index contributed by atoms with van der Waals surface area (Å²) in [7, 11) is 0. The number of carbonyl (C=O) groups is 1. The van der Waals surface area contributed by atoms with Gasteiger partial charge in [-0.25, -0.2) is 4.79 Å². The molecule has 7 nitrogen and oxygen atoms in total. The molecule has 0 unspecified atom stereocenters. The van der Waals surface area contributed by atoms with Gasteiger partial charge in [0.15, 0.2) is 0 Å². The number of anilines is 1. The molecule has 0 spiro atoms. The first-order valence-electron chi connectivity index (χ1n) is 11.8. The number of pyridine rings is 1. The minimum absolute atomic E-state index is 0.254. The number of rotatable bonds is 5. The lowest BCUT2D eigenvalue weighted by atomic mass is 9.88. The first-order chi connectivity index (χ1) is 16.0. The van der Waals surface area contributed by atoms with Crippen molar-refractivity contribution in [2.24, 2.45) is 5.73 Å². The Kier molecular flexibility index (Phi) is 4.78. The highest BCUT2D eigenvalue weighted by Gasteiger charge is 2.40. The van der Waals surface area contributed by atoms with Crippen molar-refractivity contribution in [2.45, 2.75) is 37.6 Å². The minimum atomic E-state index is -0.868. The van der Waals surface area contributed by atoms with Crippen LogP contribution in [0.25, 0.3) is 22.5 Å². The summed E-state index contributed by atoms with van der Waals surface area (Å²) in [4.78, 5) is 22.7. The molecule has 1 saturated heterocycles. The minimum Gasteiger partial charge on any atom is -0.478 e. The summed E-state index contributed by atoms with van der Waals surface area (Å²) in [6, 6.07) is 10.7. The molecule has 0 radical (unpaired) electrons. The summed E-state index contributed by atoms with van der Waals surface area (Å²) in [6.07, 6.45) is 5.93. The summed E-state index contributed by atoms with van der Waals surface area (Å²) in [5, 5.41) is 13.3. The lowest BCUT2D eigenvalue weighted by Gasteiger charge is -2.29. The summed E-state index contributed by atoms with van der Waals surface area (Å²) < 4.78 is 0. The number of aromatic amines is 1. The van der Waals surface area contributed by atoms with Crippen molar-refractivity contribution in [2.75, 3.05) is 31.1 Å². The number of benzene rings is 1. The largest absolute Gasteiger partial charge is 0.478 e. The van der Waals surface area contributed by atoms with Gasteiger partial charge in [0.25, 0.3) is 0 Å². The number of aryl methyl sites for hydroxylation is 1. The molecule has 3 aromatic rings. The molecule has 5 N–H and O–H groups in total. The SMILES string of the molecule is NC1(Cc2[nH]c3c(c2C(=O)O)CCc2cnc(-c4ccc(N5CCNCC5)cc4)cc2-3)CC1. The topological polar surface area (TPSA) is 107 Å². The lowest BCUT2D eigenvalue weighted by molar-refractivity contribution is 0.0694. The van der Waals surface area contributed by atoms with E-state index in [1.165, 1.54) is 5.69 Å². The fourth-order valence-corrected chi connectivity index (χ4v) is 5.26. The van der Waals surface area contributed by atoms with Crippen LogP contribution in [0.5, 0.6) is 0 Å². The number of nitrogens with zero attached hydrogens (tertiary/aromatic N) is 2. The standard InChI is InChI=1S/C26H29N5O2/c27-26(7-8-26)14-22-23(25(32)33)19-6-3-17-15-29-21(13-20(17)24(19)30-22)16-1-4-18(5-2-16)31-11-9-28-10-12-31/h1-2,4-5,13,15,28,30H,3,6-12,14,27H2,(H,32,33). The summed E-state index contributed by atoms with van der Waals surface area (Å²) in [5.41, 5.74) is 14.5. The summed E-state index contributed by atoms with van der Waals surface area (Å²) in [6.45, 7) is 4.06. The van der Waals surface area contributed by atoms with Crippen LogP contribution in [0, 0.1) is 0 Å². The Morgan fingerprint density at radius 3 is 2.61 bits per heavy atom. The zero-order chi connectivity index (χ0) is 22.6. The van der Waals surface area contributed by atoms with Crippen LogP contribution < -0.4 is 16.0 Å². The molecule has 2 fully saturated rings. The molecule has 3 aliphatic rings. The highest BCUT2D eigenvalue weighted by Crippen LogP contribution is 2.41. The highest BCUT2D eigenvalue weighted by atomic mass is 16.4. The first kappa shape index (κ1) is 20.4. The number of fused-ring (bicyclic) bond motifs is 3. The van der Waals surface area contributed by atoms with Crippen molar-refractivity contribution < 1.29 is 9.90 Å². The maximum absolute atomic E-state index is 12.1. The van der Waals surface area contributed by atoms with Crippen LogP contribution in [0.15, 0.2) is 36.5 Å². The predicted octanol–water partition coefficient (Wildman–Crippen LogP) is 2.98. The molecule has 7 heteroatoms. The van der Waals surface area contributed by atoms with Crippen LogP contribution in [0.4, 0.5) is 5.69 Å². The number of aromatic carboxylic acids is 1. The first-order valence-corrected chi connectivity index (χ1v) is 11.8. The maximum atomic E-state index is 12.1. The van der Waals surface area contributed by atoms with Crippen LogP contribution in [0.3, 0.4) is 0 Å². The molecule has 2 aliphatic carbocycles. The van der Waals surface area contributed by atoms with Gasteiger partial charge < -0.3 is 26.0 Å². The average molecular weight is 444 g/mol. The third-order valence-corrected chi connectivity index (χ3v) is 7.36. The van der Waals surface area contributed by atoms with Crippen LogP contribution >= 0.6 is 0 Å². The van der Waals surface area contributed by atoms with Crippen LogP contribution in [0.2, 0.25) is 0 Å². The Bertz CT molecular complexity index is 1220. The smallest absolute Gasteiger partial charge is 0.337 e. The molecule has 6 rings (SSSR count). The average Bonchev–Trinajstić information content (AvgIpc) is 3.44. The van der Waals surface area contributed by atoms with Crippen molar-refractivity contribution in [1.82, 2.24) is 15.3 Å². The number of hydrogen-bond donors (Lipinski definition) is 4. The van der Waals surface area contributed by atoms with Gasteiger partial charge in [0.05, 0.1) is 17.0 Å². The monoisotopic (exact) mass is 443 g/mol. The van der Waals surface area contributed by atoms with E-state index in [0.717, 1.165) is 84.8 Å². The lowest BCUT2D eigenvalue weighted by Crippen LogP contribution is -2.43. The van der Waals surface area contributed by atoms with E-state index in [1.807, 2.05) is 6.20 Å². The van der Waals surface area contributed by atoms with Crippen LogP contribution in [-0.4, -0.2) is 52.8 Å². The molecule has 0 atom stereocenters. The normalized spacial score (nSPS) is 18.5. The van der Waals surface area contributed by atoms with Gasteiger partial charge >= 0.3 is 5.97 Å². The Labute approximate surface area is 193 Å². The molecular weight excluding hydrogens is 414 g/mol. The molecule has 0 amide bonds. The van der Waals surface area contributed by atoms with E-state index >= 15 is 0 Å². The van der Waals surface area contributed by atoms with Gasteiger partial charge in [-0.2, -0.15) is 0 Å². The number of carboxylic acids is 1. The number of nitrogens with one attached hydrogen (secondary N) is 2. The predicted molar refractivity (Wildman–Crippen MR) is 129 cm³/mol. The zero-order valence-electron chi connectivity index (χ0n) is 18.7. The van der Waals surface area contributed by atoms with Gasteiger partial charge in [-0.1, -0.05) is 12.1 Å². The molecule has 0 bridgehead atoms. The van der Waals surface area contributed by atoms with E-state index in [9.17, 15) is 9.90 Å². The molecule has 170 valence electrons. The fraction of sp³-hybridized carbons (Fsp3) is 0.385. The van der Waals surface area contributed by atoms with Gasteiger partial charge in [-0.15, -0.1) is 0 Å². The van der Waals surface area contributed by atoms with Gasteiger partial charge in [0.2, 0.25) is 0 Å². The molecule has 1 aliphatic heterocycles. The van der Waals surface area contributed by atoms with Gasteiger partial charge in [-0.3, -0.25) is 4.98 Å². The molecule has 3 heterocycles.